The molecule has 0 aliphatic heterocycles. The molecule has 9 heteroatoms. The van der Waals surface area contributed by atoms with Crippen LogP contribution in [0.5, 0.6) is 11.5 Å². The van der Waals surface area contributed by atoms with Crippen molar-refractivity contribution in [2.45, 2.75) is 18.3 Å². The third-order valence-corrected chi connectivity index (χ3v) is 3.47. The van der Waals surface area contributed by atoms with Crippen LogP contribution in [0.15, 0.2) is 42.5 Å². The highest BCUT2D eigenvalue weighted by molar-refractivity contribution is 6.32. The molecule has 24 heavy (non-hydrogen) atoms. The van der Waals surface area contributed by atoms with Gasteiger partial charge in [-0.1, -0.05) is 23.7 Å². The van der Waals surface area contributed by atoms with E-state index in [1.54, 1.807) is 0 Å². The number of anilines is 1. The number of alkyl halides is 6. The van der Waals surface area contributed by atoms with E-state index in [4.69, 9.17) is 22.1 Å². The summed E-state index contributed by atoms with van der Waals surface area (Å²) in [7, 11) is 0. The fourth-order valence-electron chi connectivity index (χ4n) is 1.91. The van der Waals surface area contributed by atoms with Gasteiger partial charge in [-0.3, -0.25) is 0 Å². The molecule has 0 amide bonds. The van der Waals surface area contributed by atoms with E-state index in [1.165, 1.54) is 18.2 Å². The zero-order valence-electron chi connectivity index (χ0n) is 11.8. The van der Waals surface area contributed by atoms with Gasteiger partial charge in [0.05, 0.1) is 5.02 Å². The lowest BCUT2D eigenvalue weighted by Gasteiger charge is -2.27. The van der Waals surface area contributed by atoms with Crippen LogP contribution < -0.4 is 10.5 Å². The second-order valence-corrected chi connectivity index (χ2v) is 5.23. The SMILES string of the molecule is Nc1ccc(Oc2ccc(C(F)(C(F)F)C(F)(F)F)cc2)c(Cl)c1. The molecule has 0 aliphatic carbocycles. The number of rotatable bonds is 4. The maximum atomic E-state index is 13.9. The van der Waals surface area contributed by atoms with Crippen LogP contribution >= 0.6 is 11.6 Å². The second kappa shape index (κ2) is 6.43. The lowest BCUT2D eigenvalue weighted by molar-refractivity contribution is -0.274. The lowest BCUT2D eigenvalue weighted by Crippen LogP contribution is -2.44. The molecule has 2 nitrogen and oxygen atoms in total. The first-order valence-electron chi connectivity index (χ1n) is 6.43. The van der Waals surface area contributed by atoms with Gasteiger partial charge in [-0.05, 0) is 30.3 Å². The number of hydrogen-bond donors (Lipinski definition) is 1. The average molecular weight is 370 g/mol. The molecule has 0 saturated heterocycles. The molecular formula is C15H10ClF6NO. The van der Waals surface area contributed by atoms with Crippen LogP contribution in [0, 0.1) is 0 Å². The zero-order valence-corrected chi connectivity index (χ0v) is 12.5. The van der Waals surface area contributed by atoms with Crippen molar-refractivity contribution in [2.75, 3.05) is 5.73 Å². The van der Waals surface area contributed by atoms with Crippen LogP contribution in [0.25, 0.3) is 0 Å². The van der Waals surface area contributed by atoms with Crippen LogP contribution in [0.3, 0.4) is 0 Å². The van der Waals surface area contributed by atoms with Gasteiger partial charge in [-0.2, -0.15) is 13.2 Å². The topological polar surface area (TPSA) is 35.2 Å². The molecule has 2 rings (SSSR count). The molecule has 0 saturated carbocycles. The van der Waals surface area contributed by atoms with Crippen molar-refractivity contribution in [3.8, 4) is 11.5 Å². The summed E-state index contributed by atoms with van der Waals surface area (Å²) in [6, 6.07) is 7.32. The molecule has 1 unspecified atom stereocenters. The summed E-state index contributed by atoms with van der Waals surface area (Å²) in [6.45, 7) is 0. The molecule has 0 bridgehead atoms. The van der Waals surface area contributed by atoms with Gasteiger partial charge in [0.25, 0.3) is 12.1 Å². The summed E-state index contributed by atoms with van der Waals surface area (Å²) in [5.74, 6) is 0.138. The number of nitrogens with two attached hydrogens (primary N) is 1. The fraction of sp³-hybridized carbons (Fsp3) is 0.200. The molecule has 0 spiro atoms. The number of ether oxygens (including phenoxy) is 1. The van der Waals surface area contributed by atoms with Gasteiger partial charge in [0.15, 0.2) is 0 Å². The normalized spacial score (nSPS) is 14.5. The molecule has 2 aromatic carbocycles. The summed E-state index contributed by atoms with van der Waals surface area (Å²) >= 11 is 5.87. The van der Waals surface area contributed by atoms with Gasteiger partial charge >= 0.3 is 6.18 Å². The van der Waals surface area contributed by atoms with E-state index in [1.807, 2.05) is 0 Å². The molecule has 0 aliphatic rings. The Morgan fingerprint density at radius 1 is 0.958 bits per heavy atom. The van der Waals surface area contributed by atoms with Crippen LogP contribution in [-0.2, 0) is 5.67 Å². The van der Waals surface area contributed by atoms with E-state index in [2.05, 4.69) is 0 Å². The van der Waals surface area contributed by atoms with Crippen molar-refractivity contribution < 1.29 is 31.1 Å². The van der Waals surface area contributed by atoms with E-state index in [0.717, 1.165) is 12.1 Å². The van der Waals surface area contributed by atoms with Crippen molar-refractivity contribution >= 4 is 17.3 Å². The molecule has 0 radical (unpaired) electrons. The quantitative estimate of drug-likeness (QED) is 0.553. The number of benzene rings is 2. The molecule has 0 aromatic heterocycles. The maximum Gasteiger partial charge on any atom is 0.432 e. The Hall–Kier alpha value is -2.09. The van der Waals surface area contributed by atoms with Gasteiger partial charge in [0.1, 0.15) is 11.5 Å². The Kier molecular flexibility index (Phi) is 4.89. The third-order valence-electron chi connectivity index (χ3n) is 3.17. The molecule has 0 heterocycles. The monoisotopic (exact) mass is 369 g/mol. The minimum Gasteiger partial charge on any atom is -0.456 e. The summed E-state index contributed by atoms with van der Waals surface area (Å²) < 4.78 is 82.5. The molecule has 2 aromatic rings. The fourth-order valence-corrected chi connectivity index (χ4v) is 2.13. The second-order valence-electron chi connectivity index (χ2n) is 4.83. The molecule has 130 valence electrons. The Balaban J connectivity index is 2.30. The van der Waals surface area contributed by atoms with Crippen LogP contribution in [0.1, 0.15) is 5.56 Å². The molecule has 1 atom stereocenters. The first-order valence-corrected chi connectivity index (χ1v) is 6.80. The molecule has 2 N–H and O–H groups in total. The number of nitrogen functional groups attached to an aromatic ring is 1. The van der Waals surface area contributed by atoms with Crippen molar-refractivity contribution in [2.24, 2.45) is 0 Å². The molecular weight excluding hydrogens is 360 g/mol. The first kappa shape index (κ1) is 18.3. The summed E-state index contributed by atoms with van der Waals surface area (Å²) in [5, 5.41) is 0.141. The Morgan fingerprint density at radius 3 is 2.00 bits per heavy atom. The predicted octanol–water partition coefficient (Wildman–Crippen LogP) is 5.71. The minimum atomic E-state index is -5.76. The largest absolute Gasteiger partial charge is 0.456 e. The highest BCUT2D eigenvalue weighted by Gasteiger charge is 2.63. The van der Waals surface area contributed by atoms with Crippen LogP contribution in [0.2, 0.25) is 5.02 Å². The van der Waals surface area contributed by atoms with Gasteiger partial charge in [0, 0.05) is 11.3 Å². The maximum absolute atomic E-state index is 13.9. The Labute approximate surface area is 137 Å². The highest BCUT2D eigenvalue weighted by Crippen LogP contribution is 2.47. The number of halogens is 7. The summed E-state index contributed by atoms with van der Waals surface area (Å²) in [6.07, 6.45) is -10.0. The smallest absolute Gasteiger partial charge is 0.432 e. The van der Waals surface area contributed by atoms with Crippen molar-refractivity contribution in [3.63, 3.8) is 0 Å². The summed E-state index contributed by atoms with van der Waals surface area (Å²) in [4.78, 5) is 0. The van der Waals surface area contributed by atoms with Gasteiger partial charge in [0.2, 0.25) is 0 Å². The van der Waals surface area contributed by atoms with Gasteiger partial charge in [-0.15, -0.1) is 0 Å². The van der Waals surface area contributed by atoms with Gasteiger partial charge in [-0.25, -0.2) is 13.2 Å². The Bertz CT molecular complexity index is 719. The van der Waals surface area contributed by atoms with Crippen molar-refractivity contribution in [3.05, 3.63) is 53.1 Å². The predicted molar refractivity (Wildman–Crippen MR) is 77.2 cm³/mol. The van der Waals surface area contributed by atoms with E-state index >= 15 is 0 Å². The van der Waals surface area contributed by atoms with Crippen LogP contribution in [-0.4, -0.2) is 12.6 Å². The van der Waals surface area contributed by atoms with E-state index < -0.39 is 23.8 Å². The van der Waals surface area contributed by atoms with Crippen molar-refractivity contribution in [1.82, 2.24) is 0 Å². The third kappa shape index (κ3) is 3.38. The molecule has 0 fully saturated rings. The van der Waals surface area contributed by atoms with Gasteiger partial charge < -0.3 is 10.5 Å². The zero-order chi connectivity index (χ0) is 18.1. The Morgan fingerprint density at radius 2 is 1.54 bits per heavy atom. The van der Waals surface area contributed by atoms with Crippen LogP contribution in [0.4, 0.5) is 32.0 Å². The standard InChI is InChI=1S/C15H10ClF6NO/c16-11-7-9(23)3-6-12(11)24-10-4-1-8(2-5-10)14(19,13(17)18)15(20,21)22/h1-7,13H,23H2. The highest BCUT2D eigenvalue weighted by atomic mass is 35.5. The van der Waals surface area contributed by atoms with E-state index in [9.17, 15) is 26.3 Å². The minimum absolute atomic E-state index is 0.00999. The van der Waals surface area contributed by atoms with E-state index in [-0.39, 0.29) is 16.5 Å². The average Bonchev–Trinajstić information content (AvgIpc) is 2.48. The van der Waals surface area contributed by atoms with Crippen molar-refractivity contribution in [1.29, 1.82) is 0 Å². The number of hydrogen-bond acceptors (Lipinski definition) is 2. The first-order chi connectivity index (χ1) is 11.1. The lowest BCUT2D eigenvalue weighted by atomic mass is 9.95. The van der Waals surface area contributed by atoms with E-state index in [0.29, 0.717) is 17.8 Å². The summed E-state index contributed by atoms with van der Waals surface area (Å²) in [5.41, 5.74) is -0.115.